The van der Waals surface area contributed by atoms with Gasteiger partial charge in [0.1, 0.15) is 6.61 Å². The van der Waals surface area contributed by atoms with E-state index in [4.69, 9.17) is 24.3 Å². The molecule has 0 fully saturated rings. The first-order valence-electron chi connectivity index (χ1n) is 21.8. The Bertz CT molecular complexity index is 928. The summed E-state index contributed by atoms with van der Waals surface area (Å²) in [4.78, 5) is 34.8. The van der Waals surface area contributed by atoms with E-state index in [0.29, 0.717) is 6.42 Å². The highest BCUT2D eigenvalue weighted by Gasteiger charge is 2.26. The summed E-state index contributed by atoms with van der Waals surface area (Å²) in [6.07, 6.45) is 42.0. The molecular weight excluding hydrogens is 689 g/mol. The van der Waals surface area contributed by atoms with Gasteiger partial charge < -0.3 is 20.1 Å². The topological polar surface area (TPSA) is 134 Å². The predicted molar refractivity (Wildman–Crippen MR) is 220 cm³/mol. The molecular formula is C43H82NO8P. The first-order chi connectivity index (χ1) is 25.8. The number of hydrogen-bond donors (Lipinski definition) is 2. The maximum atomic E-state index is 12.6. The Morgan fingerprint density at radius 2 is 0.925 bits per heavy atom. The molecule has 0 spiro atoms. The smallest absolute Gasteiger partial charge is 0.462 e. The van der Waals surface area contributed by atoms with Gasteiger partial charge in [0, 0.05) is 19.4 Å². The van der Waals surface area contributed by atoms with Crippen LogP contribution in [0.2, 0.25) is 0 Å². The molecule has 0 radical (unpaired) electrons. The van der Waals surface area contributed by atoms with E-state index >= 15 is 0 Å². The van der Waals surface area contributed by atoms with Gasteiger partial charge in [-0.2, -0.15) is 0 Å². The second kappa shape index (κ2) is 40.2. The lowest BCUT2D eigenvalue weighted by atomic mass is 10.1. The summed E-state index contributed by atoms with van der Waals surface area (Å²) in [6, 6.07) is 0. The summed E-state index contributed by atoms with van der Waals surface area (Å²) in [5.74, 6) is -0.843. The maximum absolute atomic E-state index is 12.6. The van der Waals surface area contributed by atoms with Gasteiger partial charge in [0.25, 0.3) is 0 Å². The molecule has 0 bridgehead atoms. The molecule has 0 rings (SSSR count). The van der Waals surface area contributed by atoms with Gasteiger partial charge in [-0.3, -0.25) is 18.6 Å². The molecule has 0 aromatic carbocycles. The molecule has 2 unspecified atom stereocenters. The molecule has 3 N–H and O–H groups in total. The Morgan fingerprint density at radius 3 is 1.34 bits per heavy atom. The van der Waals surface area contributed by atoms with Crippen LogP contribution in [0.1, 0.15) is 206 Å². The van der Waals surface area contributed by atoms with Gasteiger partial charge in [-0.1, -0.05) is 154 Å². The summed E-state index contributed by atoms with van der Waals surface area (Å²) in [5.41, 5.74) is 5.34. The van der Waals surface area contributed by atoms with E-state index in [1.807, 2.05) is 0 Å². The average Bonchev–Trinajstić information content (AvgIpc) is 3.14. The fourth-order valence-electron chi connectivity index (χ4n) is 6.04. The number of rotatable bonds is 41. The van der Waals surface area contributed by atoms with Crippen LogP contribution in [0.4, 0.5) is 0 Å². The molecule has 0 aliphatic carbocycles. The van der Waals surface area contributed by atoms with E-state index in [9.17, 15) is 19.0 Å². The van der Waals surface area contributed by atoms with Crippen molar-refractivity contribution in [3.05, 3.63) is 24.3 Å². The number of ether oxygens (including phenoxy) is 2. The normalized spacial score (nSPS) is 13.5. The Morgan fingerprint density at radius 1 is 0.547 bits per heavy atom. The monoisotopic (exact) mass is 772 g/mol. The van der Waals surface area contributed by atoms with Crippen molar-refractivity contribution in [2.24, 2.45) is 5.73 Å². The van der Waals surface area contributed by atoms with Crippen molar-refractivity contribution in [3.8, 4) is 0 Å². The van der Waals surface area contributed by atoms with E-state index in [2.05, 4.69) is 38.2 Å². The van der Waals surface area contributed by atoms with Gasteiger partial charge in [-0.15, -0.1) is 0 Å². The highest BCUT2D eigenvalue weighted by molar-refractivity contribution is 7.47. The number of phosphoric ester groups is 1. The minimum atomic E-state index is -4.38. The van der Waals surface area contributed by atoms with Crippen LogP contribution in [-0.2, 0) is 32.7 Å². The molecule has 0 saturated carbocycles. The van der Waals surface area contributed by atoms with Crippen molar-refractivity contribution < 1.29 is 37.6 Å². The number of unbranched alkanes of at least 4 members (excludes halogenated alkanes) is 24. The fraction of sp³-hybridized carbons (Fsp3) is 0.860. The number of allylic oxidation sites excluding steroid dienone is 4. The molecule has 0 aliphatic rings. The van der Waals surface area contributed by atoms with Crippen LogP contribution in [0.25, 0.3) is 0 Å². The lowest BCUT2D eigenvalue weighted by Gasteiger charge is -2.19. The van der Waals surface area contributed by atoms with Crippen LogP contribution in [-0.4, -0.2) is 49.3 Å². The predicted octanol–water partition coefficient (Wildman–Crippen LogP) is 12.4. The molecule has 312 valence electrons. The second-order valence-electron chi connectivity index (χ2n) is 14.6. The van der Waals surface area contributed by atoms with Crippen LogP contribution >= 0.6 is 7.82 Å². The van der Waals surface area contributed by atoms with E-state index < -0.39 is 32.5 Å². The number of hydrogen-bond acceptors (Lipinski definition) is 8. The average molecular weight is 772 g/mol. The van der Waals surface area contributed by atoms with Crippen LogP contribution < -0.4 is 5.73 Å². The summed E-state index contributed by atoms with van der Waals surface area (Å²) in [7, 11) is -4.38. The van der Waals surface area contributed by atoms with E-state index in [-0.39, 0.29) is 32.6 Å². The van der Waals surface area contributed by atoms with Crippen molar-refractivity contribution in [1.29, 1.82) is 0 Å². The van der Waals surface area contributed by atoms with Gasteiger partial charge in [-0.05, 0) is 64.2 Å². The Labute approximate surface area is 325 Å². The number of carbonyl (C=O) groups excluding carboxylic acids is 2. The zero-order chi connectivity index (χ0) is 38.9. The first kappa shape index (κ1) is 51.5. The molecule has 0 aliphatic heterocycles. The summed E-state index contributed by atoms with van der Waals surface area (Å²) < 4.78 is 32.8. The number of esters is 2. The lowest BCUT2D eigenvalue weighted by molar-refractivity contribution is -0.161. The van der Waals surface area contributed by atoms with E-state index in [1.54, 1.807) is 0 Å². The third kappa shape index (κ3) is 40.0. The third-order valence-corrected chi connectivity index (χ3v) is 10.3. The van der Waals surface area contributed by atoms with Crippen molar-refractivity contribution >= 4 is 19.8 Å². The minimum Gasteiger partial charge on any atom is -0.462 e. The largest absolute Gasteiger partial charge is 0.472 e. The van der Waals surface area contributed by atoms with E-state index in [1.165, 1.54) is 103 Å². The van der Waals surface area contributed by atoms with E-state index in [0.717, 1.165) is 70.6 Å². The molecule has 0 aromatic heterocycles. The van der Waals surface area contributed by atoms with Gasteiger partial charge in [0.05, 0.1) is 13.2 Å². The number of carbonyl (C=O) groups is 2. The Balaban J connectivity index is 4.16. The van der Waals surface area contributed by atoms with Crippen LogP contribution in [0.5, 0.6) is 0 Å². The van der Waals surface area contributed by atoms with Crippen molar-refractivity contribution in [3.63, 3.8) is 0 Å². The molecule has 53 heavy (non-hydrogen) atoms. The quantitative estimate of drug-likeness (QED) is 0.0269. The number of phosphoric acid groups is 1. The highest BCUT2D eigenvalue weighted by atomic mass is 31.2. The lowest BCUT2D eigenvalue weighted by Crippen LogP contribution is -2.29. The van der Waals surface area contributed by atoms with Crippen molar-refractivity contribution in [2.45, 2.75) is 213 Å². The number of nitrogens with two attached hydrogens (primary N) is 1. The van der Waals surface area contributed by atoms with Gasteiger partial charge in [-0.25, -0.2) is 4.57 Å². The van der Waals surface area contributed by atoms with Gasteiger partial charge >= 0.3 is 19.8 Å². The van der Waals surface area contributed by atoms with Gasteiger partial charge in [0.15, 0.2) is 6.10 Å². The van der Waals surface area contributed by atoms with Crippen LogP contribution in [0.3, 0.4) is 0 Å². The SMILES string of the molecule is CCCCCCCCC=CCCCCCCCC(=O)OC(COC(=O)CCCCCCC/C=C/CCCCCCCCCC)COP(=O)(O)OCCN. The molecule has 0 saturated heterocycles. The fourth-order valence-corrected chi connectivity index (χ4v) is 6.80. The minimum absolute atomic E-state index is 0.0519. The first-order valence-corrected chi connectivity index (χ1v) is 23.3. The third-order valence-electron chi connectivity index (χ3n) is 9.31. The van der Waals surface area contributed by atoms with Crippen LogP contribution in [0, 0.1) is 0 Å². The zero-order valence-electron chi connectivity index (χ0n) is 34.3. The molecule has 9 nitrogen and oxygen atoms in total. The Hall–Kier alpha value is -1.51. The summed E-state index contributed by atoms with van der Waals surface area (Å²) in [5, 5.41) is 0. The molecule has 0 aromatic rings. The Kier molecular flexibility index (Phi) is 39.0. The van der Waals surface area contributed by atoms with Gasteiger partial charge in [0.2, 0.25) is 0 Å². The maximum Gasteiger partial charge on any atom is 0.472 e. The summed E-state index contributed by atoms with van der Waals surface area (Å²) in [6.45, 7) is 3.72. The molecule has 2 atom stereocenters. The molecule has 0 amide bonds. The summed E-state index contributed by atoms with van der Waals surface area (Å²) >= 11 is 0. The standard InChI is InChI=1S/C43H82NO8P/c1-3-5-7-9-11-13-15-17-19-20-22-23-25-27-29-31-33-35-42(45)49-39-41(40-51-53(47,48)50-38-37-44)52-43(46)36-34-32-30-28-26-24-21-18-16-14-12-10-8-6-4-2/h18,20-22,41H,3-17,19,23-40,44H2,1-2H3,(H,47,48)/b21-18?,22-20+. The molecule has 0 heterocycles. The molecule has 10 heteroatoms. The van der Waals surface area contributed by atoms with Crippen molar-refractivity contribution in [1.82, 2.24) is 0 Å². The zero-order valence-corrected chi connectivity index (χ0v) is 35.2. The van der Waals surface area contributed by atoms with Crippen LogP contribution in [0.15, 0.2) is 24.3 Å². The van der Waals surface area contributed by atoms with Crippen molar-refractivity contribution in [2.75, 3.05) is 26.4 Å². The highest BCUT2D eigenvalue weighted by Crippen LogP contribution is 2.43. The second-order valence-corrected chi connectivity index (χ2v) is 16.0.